The number of halogens is 2. The van der Waals surface area contributed by atoms with Crippen LogP contribution in [0.2, 0.25) is 10.0 Å². The Morgan fingerprint density at radius 2 is 1.35 bits per heavy atom. The molecule has 3 aromatic carbocycles. The Morgan fingerprint density at radius 1 is 0.744 bits per heavy atom. The van der Waals surface area contributed by atoms with Gasteiger partial charge < -0.3 is 0 Å². The van der Waals surface area contributed by atoms with E-state index in [4.69, 9.17) is 23.2 Å². The second kappa shape index (κ2) is 8.52. The molecule has 0 aromatic heterocycles. The van der Waals surface area contributed by atoms with E-state index in [1.54, 1.807) is 18.3 Å². The number of nitrogens with zero attached hydrogens (tertiary/aromatic N) is 3. The molecule has 3 aromatic rings. The Balaban J connectivity index is 1.25. The number of hydrogen-bond acceptors (Lipinski definition) is 5. The van der Waals surface area contributed by atoms with Crippen molar-refractivity contribution in [1.82, 2.24) is 5.01 Å². The van der Waals surface area contributed by atoms with Gasteiger partial charge in [-0.15, -0.1) is 0 Å². The Hall–Kier alpha value is -4.07. The van der Waals surface area contributed by atoms with E-state index in [2.05, 4.69) is 5.10 Å². The number of allylic oxidation sites excluding steroid dienone is 2. The zero-order valence-corrected chi connectivity index (χ0v) is 24.1. The number of anilines is 1. The van der Waals surface area contributed by atoms with Crippen LogP contribution in [0.3, 0.4) is 0 Å². The fourth-order valence-corrected chi connectivity index (χ4v) is 9.59. The van der Waals surface area contributed by atoms with Crippen LogP contribution in [0.4, 0.5) is 5.69 Å². The van der Waals surface area contributed by atoms with Crippen molar-refractivity contribution in [1.29, 1.82) is 0 Å². The molecule has 2 saturated heterocycles. The number of carbonyl (C=O) groups excluding carboxylic acids is 4. The van der Waals surface area contributed by atoms with E-state index in [1.807, 2.05) is 60.7 Å². The van der Waals surface area contributed by atoms with E-state index in [0.29, 0.717) is 5.02 Å². The summed E-state index contributed by atoms with van der Waals surface area (Å²) in [5.41, 5.74) is 2.61. The van der Waals surface area contributed by atoms with E-state index in [-0.39, 0.29) is 46.2 Å². The summed E-state index contributed by atoms with van der Waals surface area (Å²) >= 11 is 12.7. The molecule has 4 amide bonds. The fraction of sp³-hybridized carbons (Fsp3) is 0.265. The Kier molecular flexibility index (Phi) is 5.04. The van der Waals surface area contributed by atoms with Gasteiger partial charge in [0.05, 0.1) is 39.8 Å². The molecule has 43 heavy (non-hydrogen) atoms. The monoisotopic (exact) mass is 607 g/mol. The van der Waals surface area contributed by atoms with Crippen molar-refractivity contribution in [3.05, 3.63) is 111 Å². The largest absolute Gasteiger partial charge is 0.274 e. The van der Waals surface area contributed by atoms with E-state index < -0.39 is 35.0 Å². The first-order valence-electron chi connectivity index (χ1n) is 14.5. The molecule has 9 heteroatoms. The smallest absolute Gasteiger partial charge is 0.254 e. The number of fused-ring (bicyclic) bond motifs is 5. The van der Waals surface area contributed by atoms with Crippen molar-refractivity contribution >= 4 is 58.7 Å². The van der Waals surface area contributed by atoms with Crippen LogP contribution in [0, 0.1) is 35.5 Å². The highest BCUT2D eigenvalue weighted by Gasteiger charge is 2.68. The molecule has 212 valence electrons. The van der Waals surface area contributed by atoms with Crippen LogP contribution in [-0.2, 0) is 24.6 Å². The molecule has 1 saturated carbocycles. The first kappa shape index (κ1) is 25.4. The summed E-state index contributed by atoms with van der Waals surface area (Å²) < 4.78 is 0. The molecule has 0 unspecified atom stereocenters. The maximum Gasteiger partial charge on any atom is 0.254 e. The number of rotatable bonds is 3. The topological polar surface area (TPSA) is 87.1 Å². The van der Waals surface area contributed by atoms with Crippen molar-refractivity contribution in [2.24, 2.45) is 40.6 Å². The SMILES string of the molecule is O=C1[C@@H]2[C@H](C(=O)N1/N=C\C13c4ccccc4C(c4ccccc41)[C@@H]1C(=O)N(c4ccc(Cl)cc4Cl)C(=O)[C@@H]13)[C@H]1C=C[C@H]2C1. The van der Waals surface area contributed by atoms with Gasteiger partial charge in [-0.25, -0.2) is 4.90 Å². The average molecular weight is 608 g/mol. The van der Waals surface area contributed by atoms with Gasteiger partial charge in [-0.3, -0.25) is 19.2 Å². The summed E-state index contributed by atoms with van der Waals surface area (Å²) in [7, 11) is 0. The zero-order chi connectivity index (χ0) is 29.4. The van der Waals surface area contributed by atoms with Gasteiger partial charge in [0.2, 0.25) is 11.8 Å². The van der Waals surface area contributed by atoms with Crippen LogP contribution in [0.15, 0.2) is 84.0 Å². The molecular weight excluding hydrogens is 585 g/mol. The maximum atomic E-state index is 14.6. The van der Waals surface area contributed by atoms with Crippen LogP contribution < -0.4 is 4.90 Å². The maximum absolute atomic E-state index is 14.6. The van der Waals surface area contributed by atoms with Crippen molar-refractivity contribution in [3.8, 4) is 0 Å². The molecule has 4 bridgehead atoms. The summed E-state index contributed by atoms with van der Waals surface area (Å²) in [6.07, 6.45) is 6.51. The van der Waals surface area contributed by atoms with E-state index >= 15 is 0 Å². The number of hydrogen-bond donors (Lipinski definition) is 0. The van der Waals surface area contributed by atoms with Crippen LogP contribution >= 0.6 is 23.2 Å². The van der Waals surface area contributed by atoms with Crippen molar-refractivity contribution in [2.75, 3.05) is 4.90 Å². The van der Waals surface area contributed by atoms with Crippen molar-refractivity contribution in [3.63, 3.8) is 0 Å². The summed E-state index contributed by atoms with van der Waals surface area (Å²) in [5, 5.41) is 6.26. The van der Waals surface area contributed by atoms with E-state index in [9.17, 15) is 19.2 Å². The third-order valence-corrected chi connectivity index (χ3v) is 11.2. The van der Waals surface area contributed by atoms with Crippen LogP contribution in [0.5, 0.6) is 0 Å². The number of benzene rings is 3. The second-order valence-corrected chi connectivity index (χ2v) is 13.2. The van der Waals surface area contributed by atoms with Gasteiger partial charge in [0.1, 0.15) is 0 Å². The number of amides is 4. The summed E-state index contributed by atoms with van der Waals surface area (Å²) in [6.45, 7) is 0. The van der Waals surface area contributed by atoms with Gasteiger partial charge in [-0.2, -0.15) is 10.1 Å². The van der Waals surface area contributed by atoms with Crippen molar-refractivity contribution < 1.29 is 19.2 Å². The highest BCUT2D eigenvalue weighted by atomic mass is 35.5. The minimum Gasteiger partial charge on any atom is -0.274 e. The molecule has 0 spiro atoms. The normalized spacial score (nSPS) is 34.4. The minimum absolute atomic E-state index is 0.0486. The average Bonchev–Trinajstić information content (AvgIpc) is 3.75. The van der Waals surface area contributed by atoms with E-state index in [1.165, 1.54) is 11.0 Å². The van der Waals surface area contributed by atoms with Gasteiger partial charge in [-0.1, -0.05) is 83.9 Å². The van der Waals surface area contributed by atoms with Gasteiger partial charge in [0, 0.05) is 17.2 Å². The standard InChI is InChI=1S/C34H23Cl2N3O4/c35-18-11-12-24(23(36)14-18)38-30(40)28-27-19-5-1-3-7-21(19)34(29(28)33(38)43,22-8-4-2-6-20(22)27)15-37-39-31(41)25-16-9-10-17(13-16)26(25)32(39)42/h1-12,14-17,25-29H,13H2/b37-15-/t16-,17-,25-,26+,27?,28-,29+,34?/m0/s1. The quantitative estimate of drug-likeness (QED) is 0.228. The molecule has 10 rings (SSSR count). The lowest BCUT2D eigenvalue weighted by molar-refractivity contribution is -0.140. The fourth-order valence-electron chi connectivity index (χ4n) is 9.10. The van der Waals surface area contributed by atoms with Crippen LogP contribution in [-0.4, -0.2) is 34.9 Å². The van der Waals surface area contributed by atoms with E-state index in [0.717, 1.165) is 33.7 Å². The van der Waals surface area contributed by atoms with Crippen molar-refractivity contribution in [2.45, 2.75) is 17.8 Å². The summed E-state index contributed by atoms with van der Waals surface area (Å²) in [6, 6.07) is 20.3. The second-order valence-electron chi connectivity index (χ2n) is 12.4. The van der Waals surface area contributed by atoms with Crippen LogP contribution in [0.25, 0.3) is 0 Å². The lowest BCUT2D eigenvalue weighted by atomic mass is 9.47. The third kappa shape index (κ3) is 2.99. The number of carbonyl (C=O) groups is 4. The Bertz CT molecular complexity index is 1820. The number of imide groups is 2. The molecule has 2 heterocycles. The van der Waals surface area contributed by atoms with Gasteiger partial charge in [-0.05, 0) is 58.7 Å². The van der Waals surface area contributed by atoms with Gasteiger partial charge >= 0.3 is 0 Å². The Labute approximate surface area is 256 Å². The highest BCUT2D eigenvalue weighted by Crippen LogP contribution is 2.64. The molecule has 7 nitrogen and oxygen atoms in total. The molecule has 3 fully saturated rings. The predicted molar refractivity (Wildman–Crippen MR) is 160 cm³/mol. The predicted octanol–water partition coefficient (Wildman–Crippen LogP) is 5.34. The molecule has 0 N–H and O–H groups in total. The molecule has 7 aliphatic rings. The summed E-state index contributed by atoms with van der Waals surface area (Å²) in [5.74, 6) is -4.02. The molecule has 5 aliphatic carbocycles. The molecule has 6 atom stereocenters. The first-order valence-corrected chi connectivity index (χ1v) is 15.2. The molecule has 0 radical (unpaired) electrons. The number of hydrazone groups is 1. The minimum atomic E-state index is -1.21. The zero-order valence-electron chi connectivity index (χ0n) is 22.6. The summed E-state index contributed by atoms with van der Waals surface area (Å²) in [4.78, 5) is 57.3. The first-order chi connectivity index (χ1) is 20.8. The molecule has 2 aliphatic heterocycles. The Morgan fingerprint density at radius 3 is 1.95 bits per heavy atom. The lowest BCUT2D eigenvalue weighted by Crippen LogP contribution is -2.55. The lowest BCUT2D eigenvalue weighted by Gasteiger charge is -2.52. The van der Waals surface area contributed by atoms with Crippen LogP contribution in [0.1, 0.15) is 34.6 Å². The highest BCUT2D eigenvalue weighted by molar-refractivity contribution is 6.38. The van der Waals surface area contributed by atoms with Gasteiger partial charge in [0.15, 0.2) is 0 Å². The van der Waals surface area contributed by atoms with Gasteiger partial charge in [0.25, 0.3) is 11.8 Å². The molecular formula is C34H23Cl2N3O4. The third-order valence-electron chi connectivity index (χ3n) is 10.7.